The third-order valence-corrected chi connectivity index (χ3v) is 4.62. The monoisotopic (exact) mass is 534 g/mol. The molecule has 8 heteroatoms. The maximum Gasteiger partial charge on any atom is 0.277 e. The first-order valence-electron chi connectivity index (χ1n) is 7.41. The second-order valence-corrected chi connectivity index (χ2v) is 7.33. The highest BCUT2D eigenvalue weighted by molar-refractivity contribution is 14.1. The standard InChI is InChI=1S/C18H14BrF2IN2O2/c1-3-4-7-26-24-18(25)12-9-13(19)15(20)16(21)17(12)23-14-6-5-11(22)8-10(14)2/h1,5-6,8-9,23H,4,7H2,2H3,(H,24,25). The topological polar surface area (TPSA) is 50.4 Å². The van der Waals surface area contributed by atoms with Crippen LogP contribution in [0, 0.1) is 34.5 Å². The molecule has 0 radical (unpaired) electrons. The van der Waals surface area contributed by atoms with E-state index < -0.39 is 17.5 Å². The molecule has 26 heavy (non-hydrogen) atoms. The Labute approximate surface area is 171 Å². The van der Waals surface area contributed by atoms with E-state index in [2.05, 4.69) is 55.2 Å². The molecule has 0 heterocycles. The van der Waals surface area contributed by atoms with Gasteiger partial charge in [-0.3, -0.25) is 9.63 Å². The van der Waals surface area contributed by atoms with Crippen LogP contribution < -0.4 is 10.8 Å². The van der Waals surface area contributed by atoms with Gasteiger partial charge < -0.3 is 5.32 Å². The van der Waals surface area contributed by atoms with Crippen LogP contribution in [-0.2, 0) is 4.84 Å². The first-order valence-corrected chi connectivity index (χ1v) is 9.28. The molecule has 0 aromatic heterocycles. The van der Waals surface area contributed by atoms with E-state index in [4.69, 9.17) is 11.3 Å². The number of hydrogen-bond donors (Lipinski definition) is 2. The van der Waals surface area contributed by atoms with Crippen molar-refractivity contribution >= 4 is 55.8 Å². The van der Waals surface area contributed by atoms with Gasteiger partial charge in [-0.25, -0.2) is 14.3 Å². The molecule has 2 aromatic carbocycles. The molecule has 1 amide bonds. The minimum atomic E-state index is -1.17. The molecule has 136 valence electrons. The number of terminal acetylenes is 1. The van der Waals surface area contributed by atoms with Crippen LogP contribution in [0.5, 0.6) is 0 Å². The summed E-state index contributed by atoms with van der Waals surface area (Å²) in [6.07, 6.45) is 5.40. The number of anilines is 2. The fourth-order valence-corrected chi connectivity index (χ4v) is 3.13. The van der Waals surface area contributed by atoms with Crippen LogP contribution in [0.4, 0.5) is 20.2 Å². The summed E-state index contributed by atoms with van der Waals surface area (Å²) >= 11 is 5.06. The number of nitrogens with one attached hydrogen (secondary N) is 2. The number of aryl methyl sites for hydroxylation is 1. The summed E-state index contributed by atoms with van der Waals surface area (Å²) in [5.41, 5.74) is 3.14. The van der Waals surface area contributed by atoms with Gasteiger partial charge in [-0.2, -0.15) is 0 Å². The number of hydroxylamine groups is 1. The summed E-state index contributed by atoms with van der Waals surface area (Å²) in [7, 11) is 0. The fraction of sp³-hybridized carbons (Fsp3) is 0.167. The Bertz CT molecular complexity index is 884. The SMILES string of the molecule is C#CCCONC(=O)c1cc(Br)c(F)c(F)c1Nc1ccc(I)cc1C. The van der Waals surface area contributed by atoms with Gasteiger partial charge >= 0.3 is 0 Å². The largest absolute Gasteiger partial charge is 0.352 e. The van der Waals surface area contributed by atoms with Crippen molar-refractivity contribution in [2.45, 2.75) is 13.3 Å². The lowest BCUT2D eigenvalue weighted by Gasteiger charge is -2.16. The molecule has 0 unspecified atom stereocenters. The highest BCUT2D eigenvalue weighted by Crippen LogP contribution is 2.32. The van der Waals surface area contributed by atoms with Gasteiger partial charge in [0.2, 0.25) is 0 Å². The van der Waals surface area contributed by atoms with Gasteiger partial charge in [0.1, 0.15) is 0 Å². The molecule has 0 saturated carbocycles. The molecule has 2 N–H and O–H groups in total. The van der Waals surface area contributed by atoms with E-state index in [-0.39, 0.29) is 22.3 Å². The number of amides is 1. The molecule has 2 rings (SSSR count). The minimum Gasteiger partial charge on any atom is -0.352 e. The molecule has 0 saturated heterocycles. The molecule has 0 aliphatic rings. The van der Waals surface area contributed by atoms with Gasteiger partial charge in [-0.05, 0) is 75.3 Å². The predicted octanol–water partition coefficient (Wildman–Crippen LogP) is 5.07. The molecular formula is C18H14BrF2IN2O2. The second-order valence-electron chi connectivity index (χ2n) is 5.23. The Kier molecular flexibility index (Phi) is 7.37. The fourth-order valence-electron chi connectivity index (χ4n) is 2.08. The van der Waals surface area contributed by atoms with Crippen LogP contribution in [0.3, 0.4) is 0 Å². The maximum absolute atomic E-state index is 14.5. The zero-order valence-electron chi connectivity index (χ0n) is 13.6. The molecule has 0 atom stereocenters. The quantitative estimate of drug-likeness (QED) is 0.179. The van der Waals surface area contributed by atoms with Gasteiger partial charge in [0.05, 0.1) is 22.3 Å². The molecule has 0 aliphatic carbocycles. The third kappa shape index (κ3) is 4.93. The summed E-state index contributed by atoms with van der Waals surface area (Å²) in [5, 5.41) is 2.80. The number of halogens is 4. The number of benzene rings is 2. The van der Waals surface area contributed by atoms with Crippen LogP contribution in [0.1, 0.15) is 22.3 Å². The normalized spacial score (nSPS) is 10.3. The van der Waals surface area contributed by atoms with Crippen molar-refractivity contribution in [3.63, 3.8) is 0 Å². The summed E-state index contributed by atoms with van der Waals surface area (Å²) in [6.45, 7) is 1.92. The summed E-state index contributed by atoms with van der Waals surface area (Å²) in [6, 6.07) is 6.59. The Balaban J connectivity index is 2.38. The number of hydrogen-bond acceptors (Lipinski definition) is 3. The first kappa shape index (κ1) is 20.6. The highest BCUT2D eigenvalue weighted by atomic mass is 127. The van der Waals surface area contributed by atoms with Gasteiger partial charge in [0.25, 0.3) is 5.91 Å². The van der Waals surface area contributed by atoms with E-state index in [1.54, 1.807) is 6.07 Å². The molecule has 0 spiro atoms. The van der Waals surface area contributed by atoms with E-state index in [0.717, 1.165) is 9.13 Å². The summed E-state index contributed by atoms with van der Waals surface area (Å²) < 4.78 is 29.3. The van der Waals surface area contributed by atoms with E-state index in [9.17, 15) is 13.6 Å². The lowest BCUT2D eigenvalue weighted by atomic mass is 10.1. The van der Waals surface area contributed by atoms with Crippen LogP contribution in [0.2, 0.25) is 0 Å². The molecule has 0 bridgehead atoms. The van der Waals surface area contributed by atoms with Crippen molar-refractivity contribution in [3.8, 4) is 12.3 Å². The highest BCUT2D eigenvalue weighted by Gasteiger charge is 2.22. The van der Waals surface area contributed by atoms with E-state index >= 15 is 0 Å². The van der Waals surface area contributed by atoms with E-state index in [0.29, 0.717) is 12.1 Å². The Morgan fingerprint density at radius 1 is 1.35 bits per heavy atom. The van der Waals surface area contributed by atoms with Crippen molar-refractivity contribution in [2.75, 3.05) is 11.9 Å². The van der Waals surface area contributed by atoms with Gasteiger partial charge in [-0.1, -0.05) is 0 Å². The number of carbonyl (C=O) groups excluding carboxylic acids is 1. The Morgan fingerprint density at radius 2 is 2.08 bits per heavy atom. The molecular weight excluding hydrogens is 521 g/mol. The van der Waals surface area contributed by atoms with E-state index in [1.807, 2.05) is 19.1 Å². The molecule has 0 fully saturated rings. The van der Waals surface area contributed by atoms with Gasteiger partial charge in [0, 0.05) is 15.7 Å². The number of carbonyl (C=O) groups is 1. The lowest BCUT2D eigenvalue weighted by molar-refractivity contribution is 0.0335. The third-order valence-electron chi connectivity index (χ3n) is 3.37. The molecule has 0 aliphatic heterocycles. The van der Waals surface area contributed by atoms with E-state index in [1.165, 1.54) is 6.07 Å². The van der Waals surface area contributed by atoms with Crippen molar-refractivity contribution < 1.29 is 18.4 Å². The summed E-state index contributed by atoms with van der Waals surface area (Å²) in [5.74, 6) is -0.646. The second kappa shape index (κ2) is 9.30. The molecule has 4 nitrogen and oxygen atoms in total. The van der Waals surface area contributed by atoms with Crippen molar-refractivity contribution in [2.24, 2.45) is 0 Å². The van der Waals surface area contributed by atoms with Crippen LogP contribution in [0.15, 0.2) is 28.7 Å². The van der Waals surface area contributed by atoms with Crippen LogP contribution in [-0.4, -0.2) is 12.5 Å². The zero-order valence-corrected chi connectivity index (χ0v) is 17.4. The average Bonchev–Trinajstić information content (AvgIpc) is 2.60. The van der Waals surface area contributed by atoms with Crippen molar-refractivity contribution in [3.05, 3.63) is 55.1 Å². The van der Waals surface area contributed by atoms with Gasteiger partial charge in [-0.15, -0.1) is 12.3 Å². The van der Waals surface area contributed by atoms with Crippen LogP contribution >= 0.6 is 38.5 Å². The Hall–Kier alpha value is -1.70. The van der Waals surface area contributed by atoms with Crippen LogP contribution in [0.25, 0.3) is 0 Å². The zero-order chi connectivity index (χ0) is 19.3. The smallest absolute Gasteiger partial charge is 0.277 e. The summed E-state index contributed by atoms with van der Waals surface area (Å²) in [4.78, 5) is 17.3. The number of rotatable bonds is 6. The van der Waals surface area contributed by atoms with Crippen molar-refractivity contribution in [1.29, 1.82) is 0 Å². The lowest BCUT2D eigenvalue weighted by Crippen LogP contribution is -2.25. The average molecular weight is 535 g/mol. The predicted molar refractivity (Wildman–Crippen MR) is 108 cm³/mol. The Morgan fingerprint density at radius 3 is 2.73 bits per heavy atom. The van der Waals surface area contributed by atoms with Crippen molar-refractivity contribution in [1.82, 2.24) is 5.48 Å². The molecule has 2 aromatic rings. The maximum atomic E-state index is 14.5. The van der Waals surface area contributed by atoms with Gasteiger partial charge in [0.15, 0.2) is 11.6 Å². The minimum absolute atomic E-state index is 0.103. The first-order chi connectivity index (χ1) is 12.3.